The average Bonchev–Trinajstić information content (AvgIpc) is 2.97. The van der Waals surface area contributed by atoms with Crippen molar-refractivity contribution in [1.29, 1.82) is 0 Å². The number of rotatable bonds is 5. The number of hydrogen-bond acceptors (Lipinski definition) is 3. The molecule has 0 radical (unpaired) electrons. The van der Waals surface area contributed by atoms with Gasteiger partial charge in [0.15, 0.2) is 0 Å². The highest BCUT2D eigenvalue weighted by molar-refractivity contribution is 7.98. The molecule has 4 nitrogen and oxygen atoms in total. The van der Waals surface area contributed by atoms with Gasteiger partial charge in [0.1, 0.15) is 5.82 Å². The van der Waals surface area contributed by atoms with Gasteiger partial charge in [-0.1, -0.05) is 23.7 Å². The Balaban J connectivity index is 1.82. The molecule has 124 valence electrons. The molecule has 0 unspecified atom stereocenters. The topological polar surface area (TPSA) is 46.9 Å². The van der Waals surface area contributed by atoms with Crippen molar-refractivity contribution in [2.75, 3.05) is 6.26 Å². The number of nitrogens with one attached hydrogen (secondary N) is 1. The lowest BCUT2D eigenvalue weighted by molar-refractivity contribution is 0.0949. The van der Waals surface area contributed by atoms with Crippen LogP contribution >= 0.6 is 23.4 Å². The number of halogens is 1. The first kappa shape index (κ1) is 16.9. The summed E-state index contributed by atoms with van der Waals surface area (Å²) >= 11 is 7.74. The standard InChI is InChI=1S/C18H18ClN3OS/c1-3-22-16-7-5-4-6-15(16)21-17(22)11-20-18(23)13-10-12(24-2)8-9-14(13)19/h4-10H,3,11H2,1-2H3,(H,20,23). The smallest absolute Gasteiger partial charge is 0.253 e. The Kier molecular flexibility index (Phi) is 5.11. The van der Waals surface area contributed by atoms with Crippen molar-refractivity contribution in [1.82, 2.24) is 14.9 Å². The van der Waals surface area contributed by atoms with E-state index in [4.69, 9.17) is 11.6 Å². The molecule has 3 rings (SSSR count). The maximum Gasteiger partial charge on any atom is 0.253 e. The monoisotopic (exact) mass is 359 g/mol. The fraction of sp³-hybridized carbons (Fsp3) is 0.222. The van der Waals surface area contributed by atoms with Crippen molar-refractivity contribution in [2.45, 2.75) is 24.9 Å². The Morgan fingerprint density at radius 2 is 2.08 bits per heavy atom. The first-order valence-electron chi connectivity index (χ1n) is 7.70. The molecule has 2 aromatic carbocycles. The fourth-order valence-electron chi connectivity index (χ4n) is 2.67. The van der Waals surface area contributed by atoms with Crippen molar-refractivity contribution in [3.63, 3.8) is 0 Å². The predicted octanol–water partition coefficient (Wildman–Crippen LogP) is 4.36. The second-order valence-electron chi connectivity index (χ2n) is 5.29. The van der Waals surface area contributed by atoms with Crippen molar-refractivity contribution in [3.8, 4) is 0 Å². The Hall–Kier alpha value is -1.98. The number of hydrogen-bond donors (Lipinski definition) is 1. The number of nitrogens with zero attached hydrogens (tertiary/aromatic N) is 2. The van der Waals surface area contributed by atoms with Crippen molar-refractivity contribution < 1.29 is 4.79 Å². The van der Waals surface area contributed by atoms with Crippen LogP contribution in [0, 0.1) is 0 Å². The van der Waals surface area contributed by atoms with Crippen LogP contribution in [0.25, 0.3) is 11.0 Å². The van der Waals surface area contributed by atoms with Crippen molar-refractivity contribution >= 4 is 40.3 Å². The predicted molar refractivity (Wildman–Crippen MR) is 99.8 cm³/mol. The number of aryl methyl sites for hydroxylation is 1. The van der Waals surface area contributed by atoms with E-state index in [0.717, 1.165) is 28.3 Å². The highest BCUT2D eigenvalue weighted by Crippen LogP contribution is 2.23. The third-order valence-electron chi connectivity index (χ3n) is 3.88. The van der Waals surface area contributed by atoms with Crippen LogP contribution in [0.15, 0.2) is 47.4 Å². The number of carbonyl (C=O) groups excluding carboxylic acids is 1. The van der Waals surface area contributed by atoms with Gasteiger partial charge in [0.2, 0.25) is 0 Å². The zero-order valence-corrected chi connectivity index (χ0v) is 15.1. The molecule has 24 heavy (non-hydrogen) atoms. The number of thioether (sulfide) groups is 1. The molecule has 1 aromatic heterocycles. The van der Waals surface area contributed by atoms with Gasteiger partial charge in [0.05, 0.1) is 28.2 Å². The summed E-state index contributed by atoms with van der Waals surface area (Å²) in [6.07, 6.45) is 1.97. The molecule has 1 heterocycles. The Morgan fingerprint density at radius 1 is 1.29 bits per heavy atom. The summed E-state index contributed by atoms with van der Waals surface area (Å²) in [5.41, 5.74) is 2.50. The lowest BCUT2D eigenvalue weighted by Crippen LogP contribution is -2.25. The quantitative estimate of drug-likeness (QED) is 0.688. The first-order valence-corrected chi connectivity index (χ1v) is 9.30. The van der Waals surface area contributed by atoms with Crippen LogP contribution in [-0.2, 0) is 13.1 Å². The van der Waals surface area contributed by atoms with Crippen molar-refractivity contribution in [2.24, 2.45) is 0 Å². The van der Waals surface area contributed by atoms with E-state index in [-0.39, 0.29) is 5.91 Å². The minimum atomic E-state index is -0.189. The van der Waals surface area contributed by atoms with Gasteiger partial charge < -0.3 is 9.88 Å². The normalized spacial score (nSPS) is 11.0. The summed E-state index contributed by atoms with van der Waals surface area (Å²) < 4.78 is 2.11. The van der Waals surface area contributed by atoms with Gasteiger partial charge in [0, 0.05) is 11.4 Å². The molecule has 3 aromatic rings. The van der Waals surface area contributed by atoms with E-state index in [2.05, 4.69) is 21.8 Å². The van der Waals surface area contributed by atoms with Crippen molar-refractivity contribution in [3.05, 3.63) is 58.9 Å². The molecular weight excluding hydrogens is 342 g/mol. The summed E-state index contributed by atoms with van der Waals surface area (Å²) in [7, 11) is 0. The highest BCUT2D eigenvalue weighted by Gasteiger charge is 2.14. The third-order valence-corrected chi connectivity index (χ3v) is 4.93. The Labute approximate surface area is 150 Å². The number of fused-ring (bicyclic) bond motifs is 1. The first-order chi connectivity index (χ1) is 11.6. The SMILES string of the molecule is CCn1c(CNC(=O)c2cc(SC)ccc2Cl)nc2ccccc21. The second-order valence-corrected chi connectivity index (χ2v) is 6.58. The average molecular weight is 360 g/mol. The number of benzene rings is 2. The zero-order chi connectivity index (χ0) is 17.1. The van der Waals surface area contributed by atoms with Gasteiger partial charge in [-0.25, -0.2) is 4.98 Å². The number of para-hydroxylation sites is 2. The number of imidazole rings is 1. The van der Waals surface area contributed by atoms with Gasteiger partial charge in [0.25, 0.3) is 5.91 Å². The summed E-state index contributed by atoms with van der Waals surface area (Å²) in [6.45, 7) is 3.23. The zero-order valence-electron chi connectivity index (χ0n) is 13.5. The molecule has 6 heteroatoms. The van der Waals surface area contributed by atoms with Gasteiger partial charge >= 0.3 is 0 Å². The molecule has 0 aliphatic rings. The van der Waals surface area contributed by atoms with Crippen LogP contribution in [-0.4, -0.2) is 21.7 Å². The van der Waals surface area contributed by atoms with E-state index < -0.39 is 0 Å². The lowest BCUT2D eigenvalue weighted by Gasteiger charge is -2.09. The van der Waals surface area contributed by atoms with E-state index in [0.29, 0.717) is 17.1 Å². The van der Waals surface area contributed by atoms with Gasteiger partial charge in [-0.2, -0.15) is 0 Å². The van der Waals surface area contributed by atoms with E-state index in [1.165, 1.54) is 0 Å². The third kappa shape index (κ3) is 3.28. The molecule has 0 aliphatic carbocycles. The molecule has 1 amide bonds. The van der Waals surface area contributed by atoms with E-state index in [1.807, 2.05) is 42.7 Å². The minimum absolute atomic E-state index is 0.189. The minimum Gasteiger partial charge on any atom is -0.345 e. The summed E-state index contributed by atoms with van der Waals surface area (Å²) in [6, 6.07) is 13.4. The summed E-state index contributed by atoms with van der Waals surface area (Å²) in [5, 5.41) is 3.38. The van der Waals surface area contributed by atoms with Crippen LogP contribution in [0.4, 0.5) is 0 Å². The van der Waals surface area contributed by atoms with Crippen LogP contribution in [0.1, 0.15) is 23.1 Å². The molecule has 0 saturated heterocycles. The highest BCUT2D eigenvalue weighted by atomic mass is 35.5. The Bertz CT molecular complexity index is 891. The summed E-state index contributed by atoms with van der Waals surface area (Å²) in [5.74, 6) is 0.648. The lowest BCUT2D eigenvalue weighted by atomic mass is 10.2. The molecule has 0 bridgehead atoms. The molecule has 0 aliphatic heterocycles. The maximum absolute atomic E-state index is 12.5. The van der Waals surface area contributed by atoms with Gasteiger partial charge in [-0.05, 0) is 43.5 Å². The van der Waals surface area contributed by atoms with E-state index in [1.54, 1.807) is 17.8 Å². The van der Waals surface area contributed by atoms with Crippen LogP contribution in [0.3, 0.4) is 0 Å². The van der Waals surface area contributed by atoms with Crippen LogP contribution < -0.4 is 5.32 Å². The molecule has 1 N–H and O–H groups in total. The maximum atomic E-state index is 12.5. The molecule has 0 atom stereocenters. The van der Waals surface area contributed by atoms with Crippen LogP contribution in [0.2, 0.25) is 5.02 Å². The summed E-state index contributed by atoms with van der Waals surface area (Å²) in [4.78, 5) is 18.1. The fourth-order valence-corrected chi connectivity index (χ4v) is 3.32. The number of carbonyl (C=O) groups is 1. The van der Waals surface area contributed by atoms with Gasteiger partial charge in [-0.15, -0.1) is 11.8 Å². The largest absolute Gasteiger partial charge is 0.345 e. The molecule has 0 spiro atoms. The second kappa shape index (κ2) is 7.28. The van der Waals surface area contributed by atoms with Gasteiger partial charge in [-0.3, -0.25) is 4.79 Å². The number of amides is 1. The number of aromatic nitrogens is 2. The molecular formula is C18H18ClN3OS. The van der Waals surface area contributed by atoms with E-state index >= 15 is 0 Å². The molecule has 0 fully saturated rings. The molecule has 0 saturated carbocycles. The van der Waals surface area contributed by atoms with E-state index in [9.17, 15) is 4.79 Å². The Morgan fingerprint density at radius 3 is 2.83 bits per heavy atom. The van der Waals surface area contributed by atoms with Crippen LogP contribution in [0.5, 0.6) is 0 Å².